The van der Waals surface area contributed by atoms with Gasteiger partial charge >= 0.3 is 0 Å². The van der Waals surface area contributed by atoms with Crippen LogP contribution in [0.2, 0.25) is 0 Å². The quantitative estimate of drug-likeness (QED) is 0.359. The highest BCUT2D eigenvalue weighted by molar-refractivity contribution is 6.46. The summed E-state index contributed by atoms with van der Waals surface area (Å²) >= 11 is 0. The molecule has 1 atom stereocenters. The van der Waals surface area contributed by atoms with Gasteiger partial charge < -0.3 is 23.9 Å². The number of Topliss-reactive ketones (excluding diaryl/α,β-unsaturated/α-hetero) is 1. The zero-order valence-electron chi connectivity index (χ0n) is 17.9. The van der Waals surface area contributed by atoms with E-state index in [-0.39, 0.29) is 23.4 Å². The molecular formula is C24H22N2O6. The Morgan fingerprint density at radius 1 is 1.16 bits per heavy atom. The topological polar surface area (TPSA) is 102 Å². The minimum atomic E-state index is -0.907. The first kappa shape index (κ1) is 21.2. The normalized spacial score (nSPS) is 17.6. The summed E-state index contributed by atoms with van der Waals surface area (Å²) < 4.78 is 16.4. The van der Waals surface area contributed by atoms with Crippen LogP contribution in [0, 0.1) is 6.92 Å². The maximum atomic E-state index is 13.1. The Hall–Kier alpha value is -4.07. The van der Waals surface area contributed by atoms with Crippen LogP contribution in [0.15, 0.2) is 64.8 Å². The van der Waals surface area contributed by atoms with Crippen molar-refractivity contribution in [3.05, 3.63) is 83.1 Å². The Labute approximate surface area is 184 Å². The van der Waals surface area contributed by atoms with Crippen molar-refractivity contribution in [1.29, 1.82) is 0 Å². The van der Waals surface area contributed by atoms with E-state index in [1.54, 1.807) is 55.7 Å². The van der Waals surface area contributed by atoms with Crippen molar-refractivity contribution in [2.24, 2.45) is 0 Å². The van der Waals surface area contributed by atoms with Gasteiger partial charge in [-0.3, -0.25) is 14.6 Å². The molecule has 1 saturated heterocycles. The third-order valence-electron chi connectivity index (χ3n) is 5.31. The molecule has 1 amide bonds. The Morgan fingerprint density at radius 2 is 1.97 bits per heavy atom. The zero-order chi connectivity index (χ0) is 22.8. The molecule has 2 aromatic heterocycles. The second-order valence-corrected chi connectivity index (χ2v) is 7.30. The fourth-order valence-corrected chi connectivity index (χ4v) is 3.77. The number of aromatic nitrogens is 1. The van der Waals surface area contributed by atoms with E-state index in [0.29, 0.717) is 23.0 Å². The Balaban J connectivity index is 1.87. The number of benzene rings is 1. The van der Waals surface area contributed by atoms with Gasteiger partial charge in [0.1, 0.15) is 34.8 Å². The maximum absolute atomic E-state index is 13.1. The molecule has 32 heavy (non-hydrogen) atoms. The van der Waals surface area contributed by atoms with Crippen LogP contribution in [0.25, 0.3) is 5.76 Å². The second-order valence-electron chi connectivity index (χ2n) is 7.30. The van der Waals surface area contributed by atoms with E-state index < -0.39 is 17.7 Å². The lowest BCUT2D eigenvalue weighted by molar-refractivity contribution is -0.140. The van der Waals surface area contributed by atoms with Gasteiger partial charge in [0, 0.05) is 25.0 Å². The molecule has 164 valence electrons. The van der Waals surface area contributed by atoms with Crippen LogP contribution in [0.5, 0.6) is 11.5 Å². The SMILES string of the molecule is COc1ccc(/C(O)=C2/C(=O)C(=O)N(Cc3cccnc3)C2c2ccc(C)o2)c(OC)c1. The first-order valence-electron chi connectivity index (χ1n) is 9.90. The number of aliphatic hydroxyl groups is 1. The number of nitrogens with zero attached hydrogens (tertiary/aromatic N) is 2. The fraction of sp³-hybridized carbons (Fsp3) is 0.208. The number of ether oxygens (including phenoxy) is 2. The average Bonchev–Trinajstić information content (AvgIpc) is 3.35. The molecule has 8 nitrogen and oxygen atoms in total. The summed E-state index contributed by atoms with van der Waals surface area (Å²) in [4.78, 5) is 31.6. The summed E-state index contributed by atoms with van der Waals surface area (Å²) in [6.45, 7) is 1.89. The average molecular weight is 434 g/mol. The monoisotopic (exact) mass is 434 g/mol. The number of ketones is 1. The van der Waals surface area contributed by atoms with E-state index in [1.165, 1.54) is 19.1 Å². The van der Waals surface area contributed by atoms with Crippen molar-refractivity contribution < 1.29 is 28.6 Å². The van der Waals surface area contributed by atoms with Gasteiger partial charge in [0.25, 0.3) is 11.7 Å². The van der Waals surface area contributed by atoms with Crippen LogP contribution in [0.1, 0.15) is 28.7 Å². The van der Waals surface area contributed by atoms with Crippen LogP contribution < -0.4 is 9.47 Å². The summed E-state index contributed by atoms with van der Waals surface area (Å²) in [7, 11) is 2.96. The lowest BCUT2D eigenvalue weighted by atomic mass is 9.98. The molecule has 0 saturated carbocycles. The van der Waals surface area contributed by atoms with Crippen molar-refractivity contribution in [2.45, 2.75) is 19.5 Å². The molecule has 0 radical (unpaired) electrons. The van der Waals surface area contributed by atoms with Crippen molar-refractivity contribution in [3.8, 4) is 11.5 Å². The number of carbonyl (C=O) groups excluding carboxylic acids is 2. The van der Waals surface area contributed by atoms with E-state index in [2.05, 4.69) is 4.98 Å². The Kier molecular flexibility index (Phi) is 5.68. The van der Waals surface area contributed by atoms with Crippen LogP contribution in [-0.2, 0) is 16.1 Å². The van der Waals surface area contributed by atoms with Gasteiger partial charge in [0.05, 0.1) is 25.4 Å². The maximum Gasteiger partial charge on any atom is 0.296 e. The summed E-state index contributed by atoms with van der Waals surface area (Å²) in [5, 5.41) is 11.2. The minimum Gasteiger partial charge on any atom is -0.507 e. The summed E-state index contributed by atoms with van der Waals surface area (Å²) in [5.41, 5.74) is 0.933. The number of aliphatic hydroxyl groups excluding tert-OH is 1. The first-order chi connectivity index (χ1) is 15.4. The van der Waals surface area contributed by atoms with Crippen molar-refractivity contribution in [3.63, 3.8) is 0 Å². The van der Waals surface area contributed by atoms with Gasteiger partial charge in [-0.25, -0.2) is 0 Å². The number of furan rings is 1. The van der Waals surface area contributed by atoms with Crippen LogP contribution in [-0.4, -0.2) is 40.9 Å². The molecular weight excluding hydrogens is 412 g/mol. The molecule has 3 aromatic rings. The highest BCUT2D eigenvalue weighted by Gasteiger charge is 2.47. The largest absolute Gasteiger partial charge is 0.507 e. The number of pyridine rings is 1. The third kappa shape index (κ3) is 3.71. The number of carbonyl (C=O) groups is 2. The third-order valence-corrected chi connectivity index (χ3v) is 5.31. The molecule has 1 aromatic carbocycles. The van der Waals surface area contributed by atoms with Crippen molar-refractivity contribution in [2.75, 3.05) is 14.2 Å². The highest BCUT2D eigenvalue weighted by Crippen LogP contribution is 2.42. The molecule has 4 rings (SSSR count). The lowest BCUT2D eigenvalue weighted by Crippen LogP contribution is -2.29. The molecule has 0 bridgehead atoms. The van der Waals surface area contributed by atoms with E-state index >= 15 is 0 Å². The van der Waals surface area contributed by atoms with E-state index in [1.807, 2.05) is 6.07 Å². The van der Waals surface area contributed by atoms with Gasteiger partial charge in [-0.2, -0.15) is 0 Å². The number of hydrogen-bond donors (Lipinski definition) is 1. The molecule has 3 heterocycles. The minimum absolute atomic E-state index is 0.0725. The van der Waals surface area contributed by atoms with Crippen LogP contribution in [0.3, 0.4) is 0 Å². The van der Waals surface area contributed by atoms with E-state index in [9.17, 15) is 14.7 Å². The van der Waals surface area contributed by atoms with Gasteiger partial charge in [-0.15, -0.1) is 0 Å². The van der Waals surface area contributed by atoms with Gasteiger partial charge in [0.15, 0.2) is 0 Å². The number of amides is 1. The molecule has 1 aliphatic heterocycles. The smallest absolute Gasteiger partial charge is 0.296 e. The molecule has 0 spiro atoms. The number of hydrogen-bond acceptors (Lipinski definition) is 7. The van der Waals surface area contributed by atoms with Crippen molar-refractivity contribution in [1.82, 2.24) is 9.88 Å². The standard InChI is InChI=1S/C24H22N2O6/c1-14-6-9-18(32-14)21-20(22(27)17-8-7-16(30-2)11-19(17)31-3)23(28)24(29)26(21)13-15-5-4-10-25-12-15/h4-12,21,27H,13H2,1-3H3/b22-20-. The predicted molar refractivity (Wildman–Crippen MR) is 115 cm³/mol. The van der Waals surface area contributed by atoms with Crippen molar-refractivity contribution >= 4 is 17.4 Å². The molecule has 0 aliphatic carbocycles. The van der Waals surface area contributed by atoms with E-state index in [0.717, 1.165) is 5.56 Å². The lowest BCUT2D eigenvalue weighted by Gasteiger charge is -2.23. The molecule has 1 unspecified atom stereocenters. The zero-order valence-corrected chi connectivity index (χ0v) is 17.9. The first-order valence-corrected chi connectivity index (χ1v) is 9.90. The number of aryl methyl sites for hydroxylation is 1. The summed E-state index contributed by atoms with van der Waals surface area (Å²) in [6.07, 6.45) is 3.25. The fourth-order valence-electron chi connectivity index (χ4n) is 3.77. The molecule has 8 heteroatoms. The second kappa shape index (κ2) is 8.58. The molecule has 1 fully saturated rings. The number of rotatable bonds is 6. The number of methoxy groups -OCH3 is 2. The summed E-state index contributed by atoms with van der Waals surface area (Å²) in [6, 6.07) is 10.9. The predicted octanol–water partition coefficient (Wildman–Crippen LogP) is 3.62. The summed E-state index contributed by atoms with van der Waals surface area (Å²) in [5.74, 6) is -0.0715. The van der Waals surface area contributed by atoms with Gasteiger partial charge in [-0.1, -0.05) is 6.07 Å². The highest BCUT2D eigenvalue weighted by atomic mass is 16.5. The molecule has 1 aliphatic rings. The van der Waals surface area contributed by atoms with Crippen LogP contribution >= 0.6 is 0 Å². The van der Waals surface area contributed by atoms with Crippen LogP contribution in [0.4, 0.5) is 0 Å². The van der Waals surface area contributed by atoms with Gasteiger partial charge in [-0.05, 0) is 42.8 Å². The Morgan fingerprint density at radius 3 is 2.59 bits per heavy atom. The Bertz CT molecular complexity index is 1200. The van der Waals surface area contributed by atoms with Gasteiger partial charge in [0.2, 0.25) is 0 Å². The molecule has 1 N–H and O–H groups in total. The van der Waals surface area contributed by atoms with E-state index in [4.69, 9.17) is 13.9 Å². The number of likely N-dealkylation sites (tertiary alicyclic amines) is 1.